The van der Waals surface area contributed by atoms with Crippen LogP contribution < -0.4 is 10.2 Å². The fourth-order valence-electron chi connectivity index (χ4n) is 3.07. The van der Waals surface area contributed by atoms with E-state index in [9.17, 15) is 14.4 Å². The van der Waals surface area contributed by atoms with E-state index in [1.165, 1.54) is 25.4 Å². The summed E-state index contributed by atoms with van der Waals surface area (Å²) < 4.78 is 4.74. The second kappa shape index (κ2) is 7.70. The molecule has 0 aliphatic carbocycles. The normalized spacial score (nSPS) is 13.8. The Labute approximate surface area is 155 Å². The van der Waals surface area contributed by atoms with Crippen molar-refractivity contribution in [2.24, 2.45) is 0 Å². The Bertz CT molecular complexity index is 832. The van der Waals surface area contributed by atoms with Gasteiger partial charge in [-0.3, -0.25) is 14.4 Å². The number of benzene rings is 1. The Morgan fingerprint density at radius 2 is 2.12 bits per heavy atom. The first kappa shape index (κ1) is 18.1. The number of rotatable bonds is 5. The summed E-state index contributed by atoms with van der Waals surface area (Å²) in [6.07, 6.45) is 0.804. The Hall–Kier alpha value is -2.67. The number of anilines is 1. The number of hydrogen-bond donors (Lipinski definition) is 1. The lowest BCUT2D eigenvalue weighted by Crippen LogP contribution is -2.30. The average Bonchev–Trinajstić information content (AvgIpc) is 3.29. The third-order valence-electron chi connectivity index (χ3n) is 4.41. The largest absolute Gasteiger partial charge is 0.469 e. The highest BCUT2D eigenvalue weighted by Crippen LogP contribution is 2.29. The lowest BCUT2D eigenvalue weighted by Gasteiger charge is -2.17. The molecule has 1 atom stereocenters. The van der Waals surface area contributed by atoms with Gasteiger partial charge in [-0.15, -0.1) is 11.3 Å². The summed E-state index contributed by atoms with van der Waals surface area (Å²) in [5.74, 6) is -0.636. The molecule has 1 unspecified atom stereocenters. The Balaban J connectivity index is 1.78. The van der Waals surface area contributed by atoms with Gasteiger partial charge in [0.1, 0.15) is 0 Å². The average molecular weight is 372 g/mol. The van der Waals surface area contributed by atoms with Crippen LogP contribution in [0, 0.1) is 0 Å². The molecule has 2 aromatic rings. The molecule has 1 aliphatic rings. The maximum atomic E-state index is 12.7. The van der Waals surface area contributed by atoms with Crippen molar-refractivity contribution in [2.45, 2.75) is 25.8 Å². The van der Waals surface area contributed by atoms with Gasteiger partial charge in [0, 0.05) is 29.6 Å². The first-order valence-electron chi connectivity index (χ1n) is 8.31. The molecule has 6 nitrogen and oxygen atoms in total. The van der Waals surface area contributed by atoms with E-state index in [1.54, 1.807) is 17.0 Å². The smallest absolute Gasteiger partial charge is 0.307 e. The molecule has 0 saturated heterocycles. The van der Waals surface area contributed by atoms with Gasteiger partial charge in [-0.2, -0.15) is 0 Å². The van der Waals surface area contributed by atoms with E-state index in [2.05, 4.69) is 5.32 Å². The minimum atomic E-state index is -0.433. The van der Waals surface area contributed by atoms with Gasteiger partial charge < -0.3 is 15.0 Å². The predicted molar refractivity (Wildman–Crippen MR) is 99.3 cm³/mol. The summed E-state index contributed by atoms with van der Waals surface area (Å²) in [5, 5.41) is 4.82. The molecule has 0 saturated carbocycles. The SMILES string of the molecule is COC(=O)CC(NC(=O)c1ccc2c(c1)CCN2C(C)=O)c1cccs1. The number of thiophene rings is 1. The quantitative estimate of drug-likeness (QED) is 0.819. The predicted octanol–water partition coefficient (Wildman–Crippen LogP) is 2.69. The van der Waals surface area contributed by atoms with Crippen molar-refractivity contribution in [3.8, 4) is 0 Å². The summed E-state index contributed by atoms with van der Waals surface area (Å²) in [6.45, 7) is 2.17. The fourth-order valence-corrected chi connectivity index (χ4v) is 3.85. The molecule has 0 spiro atoms. The molecular weight excluding hydrogens is 352 g/mol. The van der Waals surface area contributed by atoms with E-state index < -0.39 is 6.04 Å². The maximum absolute atomic E-state index is 12.7. The van der Waals surface area contributed by atoms with Crippen LogP contribution in [0.1, 0.15) is 40.2 Å². The zero-order valence-corrected chi connectivity index (χ0v) is 15.5. The third-order valence-corrected chi connectivity index (χ3v) is 5.39. The minimum Gasteiger partial charge on any atom is -0.469 e. The molecule has 0 fully saturated rings. The molecule has 2 heterocycles. The summed E-state index contributed by atoms with van der Waals surface area (Å²) in [7, 11) is 1.33. The summed E-state index contributed by atoms with van der Waals surface area (Å²) in [6, 6.07) is 8.65. The number of nitrogens with zero attached hydrogens (tertiary/aromatic N) is 1. The number of esters is 1. The van der Waals surface area contributed by atoms with Crippen LogP contribution in [-0.4, -0.2) is 31.4 Å². The highest BCUT2D eigenvalue weighted by molar-refractivity contribution is 7.10. The van der Waals surface area contributed by atoms with Gasteiger partial charge in [0.2, 0.25) is 5.91 Å². The van der Waals surface area contributed by atoms with Crippen molar-refractivity contribution in [1.29, 1.82) is 0 Å². The minimum absolute atomic E-state index is 0.00297. The Morgan fingerprint density at radius 1 is 1.31 bits per heavy atom. The number of fused-ring (bicyclic) bond motifs is 1. The van der Waals surface area contributed by atoms with Gasteiger partial charge in [0.25, 0.3) is 5.91 Å². The zero-order chi connectivity index (χ0) is 18.7. The number of amides is 2. The Kier molecular flexibility index (Phi) is 5.37. The zero-order valence-electron chi connectivity index (χ0n) is 14.7. The van der Waals surface area contributed by atoms with Gasteiger partial charge in [-0.05, 0) is 41.6 Å². The first-order valence-corrected chi connectivity index (χ1v) is 9.19. The van der Waals surface area contributed by atoms with E-state index >= 15 is 0 Å². The number of hydrogen-bond acceptors (Lipinski definition) is 5. The molecule has 0 bridgehead atoms. The molecule has 1 N–H and O–H groups in total. The van der Waals surface area contributed by atoms with Gasteiger partial charge in [0.05, 0.1) is 19.6 Å². The van der Waals surface area contributed by atoms with Crippen molar-refractivity contribution in [1.82, 2.24) is 5.32 Å². The maximum Gasteiger partial charge on any atom is 0.307 e. The highest BCUT2D eigenvalue weighted by atomic mass is 32.1. The summed E-state index contributed by atoms with van der Waals surface area (Å²) >= 11 is 1.48. The van der Waals surface area contributed by atoms with Crippen molar-refractivity contribution >= 4 is 34.8 Å². The van der Waals surface area contributed by atoms with Gasteiger partial charge in [-0.25, -0.2) is 0 Å². The van der Waals surface area contributed by atoms with Crippen LogP contribution in [0.25, 0.3) is 0 Å². The van der Waals surface area contributed by atoms with Gasteiger partial charge >= 0.3 is 5.97 Å². The van der Waals surface area contributed by atoms with Crippen LogP contribution in [-0.2, 0) is 20.7 Å². The van der Waals surface area contributed by atoms with Crippen LogP contribution >= 0.6 is 11.3 Å². The van der Waals surface area contributed by atoms with Crippen LogP contribution in [0.2, 0.25) is 0 Å². The molecule has 1 aromatic heterocycles. The van der Waals surface area contributed by atoms with Crippen molar-refractivity contribution < 1.29 is 19.1 Å². The van der Waals surface area contributed by atoms with E-state index in [0.29, 0.717) is 12.1 Å². The number of carbonyl (C=O) groups is 3. The number of ether oxygens (including phenoxy) is 1. The van der Waals surface area contributed by atoms with Crippen molar-refractivity contribution in [2.75, 3.05) is 18.6 Å². The molecule has 1 aromatic carbocycles. The number of methoxy groups -OCH3 is 1. The summed E-state index contributed by atoms with van der Waals surface area (Å²) in [4.78, 5) is 38.6. The van der Waals surface area contributed by atoms with Crippen molar-refractivity contribution in [3.05, 3.63) is 51.7 Å². The third kappa shape index (κ3) is 3.77. The standard InChI is InChI=1S/C19H20N2O4S/c1-12(22)21-8-7-13-10-14(5-6-16(13)21)19(24)20-15(11-18(23)25-2)17-4-3-9-26-17/h3-6,9-10,15H,7-8,11H2,1-2H3,(H,20,24). The molecule has 2 amide bonds. The highest BCUT2D eigenvalue weighted by Gasteiger charge is 2.25. The number of carbonyl (C=O) groups excluding carboxylic acids is 3. The van der Waals surface area contributed by atoms with E-state index in [-0.39, 0.29) is 24.2 Å². The van der Waals surface area contributed by atoms with Crippen LogP contribution in [0.3, 0.4) is 0 Å². The van der Waals surface area contributed by atoms with E-state index in [0.717, 1.165) is 22.5 Å². The van der Waals surface area contributed by atoms with E-state index in [4.69, 9.17) is 4.74 Å². The summed E-state index contributed by atoms with van der Waals surface area (Å²) in [5.41, 5.74) is 2.35. The second-order valence-corrected chi connectivity index (χ2v) is 7.07. The molecule has 7 heteroatoms. The Morgan fingerprint density at radius 3 is 2.77 bits per heavy atom. The van der Waals surface area contributed by atoms with Crippen molar-refractivity contribution in [3.63, 3.8) is 0 Å². The second-order valence-electron chi connectivity index (χ2n) is 6.09. The molecule has 3 rings (SSSR count). The molecular formula is C19H20N2O4S. The molecule has 0 radical (unpaired) electrons. The van der Waals surface area contributed by atoms with Crippen LogP contribution in [0.15, 0.2) is 35.7 Å². The number of nitrogens with one attached hydrogen (secondary N) is 1. The van der Waals surface area contributed by atoms with Crippen LogP contribution in [0.5, 0.6) is 0 Å². The monoisotopic (exact) mass is 372 g/mol. The first-order chi connectivity index (χ1) is 12.5. The lowest BCUT2D eigenvalue weighted by atomic mass is 10.1. The molecule has 1 aliphatic heterocycles. The van der Waals surface area contributed by atoms with E-state index in [1.807, 2.05) is 23.6 Å². The lowest BCUT2D eigenvalue weighted by molar-refractivity contribution is -0.141. The van der Waals surface area contributed by atoms with Crippen LogP contribution in [0.4, 0.5) is 5.69 Å². The molecule has 26 heavy (non-hydrogen) atoms. The topological polar surface area (TPSA) is 75.7 Å². The van der Waals surface area contributed by atoms with Gasteiger partial charge in [-0.1, -0.05) is 6.07 Å². The fraction of sp³-hybridized carbons (Fsp3) is 0.316. The molecule has 136 valence electrons. The van der Waals surface area contributed by atoms with Gasteiger partial charge in [0.15, 0.2) is 0 Å².